The topological polar surface area (TPSA) is 52.3 Å². The molecule has 0 radical (unpaired) electrons. The number of hydrogen-bond donors (Lipinski definition) is 1. The van der Waals surface area contributed by atoms with Crippen molar-refractivity contribution >= 4 is 5.91 Å². The first-order valence-electron chi connectivity index (χ1n) is 9.43. The molecule has 1 aliphatic carbocycles. The van der Waals surface area contributed by atoms with E-state index in [1.165, 1.54) is 31.2 Å². The monoisotopic (exact) mass is 331 g/mol. The van der Waals surface area contributed by atoms with Crippen molar-refractivity contribution in [1.29, 1.82) is 0 Å². The highest BCUT2D eigenvalue weighted by atomic mass is 16.5. The number of nitrogens with two attached hydrogens (primary N) is 1. The molecule has 2 rings (SSSR count). The highest BCUT2D eigenvalue weighted by Gasteiger charge is 2.42. The van der Waals surface area contributed by atoms with E-state index in [0.717, 1.165) is 31.1 Å². The normalized spacial score (nSPS) is 16.8. The van der Waals surface area contributed by atoms with Crippen LogP contribution >= 0.6 is 0 Å². The van der Waals surface area contributed by atoms with Crippen molar-refractivity contribution in [3.8, 4) is 5.75 Å². The first-order valence-corrected chi connectivity index (χ1v) is 9.43. The standard InChI is InChI=1S/C21H33NO2/c1-16(2)7-4-5-14-24-19-9-6-8-18(15-19)21(3,17-10-11-17)13-12-20(22)23/h6,8-9,15-17H,4-5,7,10-14H2,1-3H3,(H2,22,23). The Hall–Kier alpha value is -1.51. The van der Waals surface area contributed by atoms with Crippen molar-refractivity contribution in [1.82, 2.24) is 0 Å². The molecule has 1 fully saturated rings. The fraction of sp³-hybridized carbons (Fsp3) is 0.667. The predicted octanol–water partition coefficient (Wildman–Crippen LogP) is 4.82. The highest BCUT2D eigenvalue weighted by Crippen LogP contribution is 2.50. The van der Waals surface area contributed by atoms with Crippen LogP contribution in [-0.4, -0.2) is 12.5 Å². The lowest BCUT2D eigenvalue weighted by Gasteiger charge is -2.30. The van der Waals surface area contributed by atoms with Crippen molar-refractivity contribution in [2.24, 2.45) is 17.6 Å². The molecule has 1 saturated carbocycles. The number of benzene rings is 1. The van der Waals surface area contributed by atoms with Crippen LogP contribution < -0.4 is 10.5 Å². The number of carbonyl (C=O) groups excluding carboxylic acids is 1. The quantitative estimate of drug-likeness (QED) is 0.591. The summed E-state index contributed by atoms with van der Waals surface area (Å²) in [6.45, 7) is 7.57. The Morgan fingerprint density at radius 1 is 1.33 bits per heavy atom. The molecule has 1 aliphatic rings. The van der Waals surface area contributed by atoms with Crippen LogP contribution in [0.1, 0.15) is 71.3 Å². The first kappa shape index (κ1) is 18.8. The minimum Gasteiger partial charge on any atom is -0.494 e. The van der Waals surface area contributed by atoms with Crippen LogP contribution in [-0.2, 0) is 10.2 Å². The lowest BCUT2D eigenvalue weighted by Crippen LogP contribution is -2.27. The molecule has 0 heterocycles. The third kappa shape index (κ3) is 5.54. The molecular formula is C21H33NO2. The van der Waals surface area contributed by atoms with Gasteiger partial charge < -0.3 is 10.5 Å². The van der Waals surface area contributed by atoms with E-state index in [9.17, 15) is 4.79 Å². The van der Waals surface area contributed by atoms with Gasteiger partial charge in [0.2, 0.25) is 5.91 Å². The van der Waals surface area contributed by atoms with E-state index in [0.29, 0.717) is 12.3 Å². The van der Waals surface area contributed by atoms with Crippen LogP contribution in [0.5, 0.6) is 5.75 Å². The number of rotatable bonds is 11. The molecule has 0 aliphatic heterocycles. The van der Waals surface area contributed by atoms with Gasteiger partial charge in [-0.3, -0.25) is 4.79 Å². The van der Waals surface area contributed by atoms with Crippen molar-refractivity contribution in [2.45, 2.75) is 71.1 Å². The summed E-state index contributed by atoms with van der Waals surface area (Å²) < 4.78 is 5.96. The van der Waals surface area contributed by atoms with Crippen molar-refractivity contribution < 1.29 is 9.53 Å². The Balaban J connectivity index is 1.95. The molecule has 0 spiro atoms. The molecule has 0 aromatic heterocycles. The third-order valence-electron chi connectivity index (χ3n) is 5.31. The minimum atomic E-state index is -0.209. The van der Waals surface area contributed by atoms with Gasteiger partial charge in [0.05, 0.1) is 6.61 Å². The number of primary amides is 1. The number of hydrogen-bond acceptors (Lipinski definition) is 2. The third-order valence-corrected chi connectivity index (χ3v) is 5.31. The fourth-order valence-corrected chi connectivity index (χ4v) is 3.47. The first-order chi connectivity index (χ1) is 11.4. The van der Waals surface area contributed by atoms with Gasteiger partial charge in [0.15, 0.2) is 0 Å². The number of amides is 1. The maximum absolute atomic E-state index is 11.2. The summed E-state index contributed by atoms with van der Waals surface area (Å²) in [5, 5.41) is 0. The average Bonchev–Trinajstić information content (AvgIpc) is 3.37. The zero-order valence-corrected chi connectivity index (χ0v) is 15.5. The molecule has 3 heteroatoms. The number of ether oxygens (including phenoxy) is 1. The van der Waals surface area contributed by atoms with E-state index in [2.05, 4.69) is 39.0 Å². The van der Waals surface area contributed by atoms with Crippen molar-refractivity contribution in [3.63, 3.8) is 0 Å². The summed E-state index contributed by atoms with van der Waals surface area (Å²) >= 11 is 0. The highest BCUT2D eigenvalue weighted by molar-refractivity contribution is 5.73. The molecular weight excluding hydrogens is 298 g/mol. The van der Waals surface area contributed by atoms with Gasteiger partial charge in [0, 0.05) is 6.42 Å². The fourth-order valence-electron chi connectivity index (χ4n) is 3.47. The number of unbranched alkanes of at least 4 members (excludes halogenated alkanes) is 1. The molecule has 0 saturated heterocycles. The summed E-state index contributed by atoms with van der Waals surface area (Å²) in [4.78, 5) is 11.2. The van der Waals surface area contributed by atoms with Crippen LogP contribution in [0.3, 0.4) is 0 Å². The zero-order chi connectivity index (χ0) is 17.6. The number of carbonyl (C=O) groups is 1. The van der Waals surface area contributed by atoms with E-state index in [1.54, 1.807) is 0 Å². The summed E-state index contributed by atoms with van der Waals surface area (Å²) in [5.41, 5.74) is 6.70. The van der Waals surface area contributed by atoms with Crippen LogP contribution in [0, 0.1) is 11.8 Å². The van der Waals surface area contributed by atoms with Crippen LogP contribution in [0.25, 0.3) is 0 Å². The van der Waals surface area contributed by atoms with E-state index in [4.69, 9.17) is 10.5 Å². The molecule has 2 N–H and O–H groups in total. The molecule has 3 nitrogen and oxygen atoms in total. The van der Waals surface area contributed by atoms with E-state index in [-0.39, 0.29) is 11.3 Å². The largest absolute Gasteiger partial charge is 0.494 e. The lowest BCUT2D eigenvalue weighted by atomic mass is 9.74. The SMILES string of the molecule is CC(C)CCCCOc1cccc(C(C)(CCC(N)=O)C2CC2)c1. The molecule has 0 bridgehead atoms. The van der Waals surface area contributed by atoms with Gasteiger partial charge >= 0.3 is 0 Å². The van der Waals surface area contributed by atoms with Gasteiger partial charge in [-0.15, -0.1) is 0 Å². The zero-order valence-electron chi connectivity index (χ0n) is 15.5. The van der Waals surface area contributed by atoms with Crippen LogP contribution in [0.15, 0.2) is 24.3 Å². The Labute approximate surface area is 147 Å². The van der Waals surface area contributed by atoms with E-state index >= 15 is 0 Å². The predicted molar refractivity (Wildman–Crippen MR) is 99.1 cm³/mol. The van der Waals surface area contributed by atoms with Crippen molar-refractivity contribution in [2.75, 3.05) is 6.61 Å². The van der Waals surface area contributed by atoms with Crippen LogP contribution in [0.4, 0.5) is 0 Å². The van der Waals surface area contributed by atoms with E-state index in [1.807, 2.05) is 6.07 Å². The average molecular weight is 332 g/mol. The molecule has 134 valence electrons. The summed E-state index contributed by atoms with van der Waals surface area (Å²) in [7, 11) is 0. The summed E-state index contributed by atoms with van der Waals surface area (Å²) in [5.74, 6) is 2.17. The Morgan fingerprint density at radius 2 is 2.08 bits per heavy atom. The Bertz CT molecular complexity index is 536. The Morgan fingerprint density at radius 3 is 2.71 bits per heavy atom. The van der Waals surface area contributed by atoms with Gasteiger partial charge in [-0.1, -0.05) is 39.3 Å². The summed E-state index contributed by atoms with van der Waals surface area (Å²) in [6, 6.07) is 8.45. The molecule has 1 amide bonds. The Kier molecular flexibility index (Phi) is 6.70. The van der Waals surface area contributed by atoms with Gasteiger partial charge in [-0.2, -0.15) is 0 Å². The summed E-state index contributed by atoms with van der Waals surface area (Å²) in [6.07, 6.45) is 7.35. The van der Waals surface area contributed by atoms with Gasteiger partial charge in [0.1, 0.15) is 5.75 Å². The second-order valence-corrected chi connectivity index (χ2v) is 7.92. The molecule has 1 unspecified atom stereocenters. The molecule has 24 heavy (non-hydrogen) atoms. The maximum Gasteiger partial charge on any atom is 0.217 e. The van der Waals surface area contributed by atoms with E-state index < -0.39 is 0 Å². The second-order valence-electron chi connectivity index (χ2n) is 7.92. The molecule has 1 atom stereocenters. The second kappa shape index (κ2) is 8.55. The smallest absolute Gasteiger partial charge is 0.217 e. The van der Waals surface area contributed by atoms with Crippen LogP contribution in [0.2, 0.25) is 0 Å². The molecule has 1 aromatic rings. The molecule has 1 aromatic carbocycles. The van der Waals surface area contributed by atoms with Crippen molar-refractivity contribution in [3.05, 3.63) is 29.8 Å². The minimum absolute atomic E-state index is 0.0338. The van der Waals surface area contributed by atoms with Gasteiger partial charge in [-0.05, 0) is 67.1 Å². The maximum atomic E-state index is 11.2. The van der Waals surface area contributed by atoms with Gasteiger partial charge in [-0.25, -0.2) is 0 Å². The van der Waals surface area contributed by atoms with Gasteiger partial charge in [0.25, 0.3) is 0 Å². The lowest BCUT2D eigenvalue weighted by molar-refractivity contribution is -0.118.